The first kappa shape index (κ1) is 19.3. The lowest BCUT2D eigenvalue weighted by molar-refractivity contribution is 0.101. The third-order valence-electron chi connectivity index (χ3n) is 4.06. The summed E-state index contributed by atoms with van der Waals surface area (Å²) in [6.07, 6.45) is 0. The summed E-state index contributed by atoms with van der Waals surface area (Å²) in [6.45, 7) is 0. The number of ether oxygens (including phenoxy) is 1. The Morgan fingerprint density at radius 1 is 1.24 bits per heavy atom. The maximum Gasteiger partial charge on any atom is 0.347 e. The molecular formula is C19H13BrN4O4S. The molecule has 10 heteroatoms. The molecule has 0 spiro atoms. The van der Waals surface area contributed by atoms with Crippen molar-refractivity contribution in [3.8, 4) is 11.4 Å². The summed E-state index contributed by atoms with van der Waals surface area (Å²) < 4.78 is 12.9. The van der Waals surface area contributed by atoms with Crippen molar-refractivity contribution in [3.05, 3.63) is 69.0 Å². The van der Waals surface area contributed by atoms with Gasteiger partial charge in [-0.05, 0) is 40.8 Å². The Hall–Kier alpha value is -2.98. The summed E-state index contributed by atoms with van der Waals surface area (Å²) in [7, 11) is 1.48. The van der Waals surface area contributed by atoms with Crippen LogP contribution in [0.15, 0.2) is 67.4 Å². The van der Waals surface area contributed by atoms with Gasteiger partial charge >= 0.3 is 5.63 Å². The number of hydrogen-bond acceptors (Lipinski definition) is 8. The zero-order valence-corrected chi connectivity index (χ0v) is 17.4. The van der Waals surface area contributed by atoms with E-state index < -0.39 is 5.63 Å². The molecule has 0 aliphatic rings. The number of tetrazole rings is 1. The van der Waals surface area contributed by atoms with Gasteiger partial charge in [-0.25, -0.2) is 4.79 Å². The number of nitrogens with zero attached hydrogens (tertiary/aromatic N) is 4. The average Bonchev–Trinajstić information content (AvgIpc) is 3.20. The average molecular weight is 473 g/mol. The third kappa shape index (κ3) is 3.94. The number of ketones is 1. The van der Waals surface area contributed by atoms with Crippen molar-refractivity contribution in [1.29, 1.82) is 0 Å². The van der Waals surface area contributed by atoms with Gasteiger partial charge in [-0.3, -0.25) is 4.79 Å². The number of thioether (sulfide) groups is 1. The molecule has 0 bridgehead atoms. The Morgan fingerprint density at radius 3 is 2.79 bits per heavy atom. The van der Waals surface area contributed by atoms with Crippen LogP contribution in [0.2, 0.25) is 0 Å². The van der Waals surface area contributed by atoms with Crippen molar-refractivity contribution >= 4 is 44.4 Å². The van der Waals surface area contributed by atoms with Gasteiger partial charge in [-0.15, -0.1) is 5.10 Å². The molecule has 2 aromatic carbocycles. The Balaban J connectivity index is 1.60. The van der Waals surface area contributed by atoms with E-state index >= 15 is 0 Å². The minimum Gasteiger partial charge on any atom is -0.493 e. The number of rotatable bonds is 6. The number of Topliss-reactive ketones (excluding diaryl/α,β-unsaturated/α-hetero) is 1. The number of para-hydroxylation sites is 1. The van der Waals surface area contributed by atoms with Crippen LogP contribution in [0.25, 0.3) is 16.7 Å². The zero-order valence-electron chi connectivity index (χ0n) is 15.0. The van der Waals surface area contributed by atoms with E-state index in [2.05, 4.69) is 31.5 Å². The van der Waals surface area contributed by atoms with Crippen LogP contribution in [-0.2, 0) is 0 Å². The zero-order chi connectivity index (χ0) is 20.4. The molecule has 0 saturated carbocycles. The van der Waals surface area contributed by atoms with Crippen molar-refractivity contribution in [3.63, 3.8) is 0 Å². The predicted molar refractivity (Wildman–Crippen MR) is 111 cm³/mol. The first-order chi connectivity index (χ1) is 14.1. The molecule has 2 aromatic heterocycles. The highest BCUT2D eigenvalue weighted by Gasteiger charge is 2.18. The number of aromatic nitrogens is 4. The van der Waals surface area contributed by atoms with Crippen molar-refractivity contribution in [2.75, 3.05) is 12.9 Å². The number of methoxy groups -OCH3 is 1. The second kappa shape index (κ2) is 8.18. The lowest BCUT2D eigenvalue weighted by Crippen LogP contribution is -2.16. The molecule has 0 aliphatic carbocycles. The van der Waals surface area contributed by atoms with Crippen LogP contribution >= 0.6 is 27.7 Å². The van der Waals surface area contributed by atoms with Gasteiger partial charge in [0.15, 0.2) is 17.1 Å². The van der Waals surface area contributed by atoms with Crippen LogP contribution in [0.3, 0.4) is 0 Å². The monoisotopic (exact) mass is 472 g/mol. The number of halogens is 1. The Kier molecular flexibility index (Phi) is 5.45. The van der Waals surface area contributed by atoms with Gasteiger partial charge in [0.1, 0.15) is 5.56 Å². The first-order valence-electron chi connectivity index (χ1n) is 8.38. The highest BCUT2D eigenvalue weighted by Crippen LogP contribution is 2.30. The van der Waals surface area contributed by atoms with Crippen LogP contribution in [-0.4, -0.2) is 38.9 Å². The lowest BCUT2D eigenvalue weighted by Gasteiger charge is -2.07. The largest absolute Gasteiger partial charge is 0.493 e. The highest BCUT2D eigenvalue weighted by molar-refractivity contribution is 9.10. The molecule has 0 fully saturated rings. The normalized spacial score (nSPS) is 11.0. The van der Waals surface area contributed by atoms with Gasteiger partial charge in [0.2, 0.25) is 5.16 Å². The summed E-state index contributed by atoms with van der Waals surface area (Å²) >= 11 is 4.52. The topological polar surface area (TPSA) is 100 Å². The van der Waals surface area contributed by atoms with E-state index in [4.69, 9.17) is 9.15 Å². The fourth-order valence-corrected chi connectivity index (χ4v) is 3.95. The van der Waals surface area contributed by atoms with Crippen molar-refractivity contribution in [2.24, 2.45) is 0 Å². The molecule has 0 saturated heterocycles. The van der Waals surface area contributed by atoms with E-state index in [1.807, 2.05) is 30.3 Å². The molecule has 8 nitrogen and oxygen atoms in total. The molecule has 0 radical (unpaired) electrons. The lowest BCUT2D eigenvalue weighted by atomic mass is 10.1. The molecule has 146 valence electrons. The van der Waals surface area contributed by atoms with E-state index in [9.17, 15) is 9.59 Å². The van der Waals surface area contributed by atoms with Crippen LogP contribution in [0, 0.1) is 0 Å². The van der Waals surface area contributed by atoms with E-state index in [0.29, 0.717) is 16.3 Å². The van der Waals surface area contributed by atoms with Gasteiger partial charge in [-0.2, -0.15) is 4.68 Å². The Bertz CT molecular complexity index is 1260. The standard InChI is InChI=1S/C19H13BrN4O4S/c1-27-16-9-12(20)7-11-8-14(18(26)28-17(11)16)15(25)10-29-19-21-22-23-24(19)13-5-3-2-4-6-13/h2-9H,10H2,1H3. The summed E-state index contributed by atoms with van der Waals surface area (Å²) in [5, 5.41) is 12.6. The fourth-order valence-electron chi connectivity index (χ4n) is 2.72. The number of hydrogen-bond donors (Lipinski definition) is 0. The van der Waals surface area contributed by atoms with Gasteiger partial charge in [0.05, 0.1) is 18.6 Å². The highest BCUT2D eigenvalue weighted by atomic mass is 79.9. The summed E-state index contributed by atoms with van der Waals surface area (Å²) in [5.74, 6) is 0.00307. The van der Waals surface area contributed by atoms with Gasteiger partial charge in [0.25, 0.3) is 0 Å². The van der Waals surface area contributed by atoms with Crippen molar-refractivity contribution < 1.29 is 13.9 Å². The van der Waals surface area contributed by atoms with Crippen LogP contribution < -0.4 is 10.4 Å². The molecule has 4 rings (SSSR count). The van der Waals surface area contributed by atoms with Gasteiger partial charge < -0.3 is 9.15 Å². The van der Waals surface area contributed by atoms with Crippen molar-refractivity contribution in [1.82, 2.24) is 20.2 Å². The van der Waals surface area contributed by atoms with E-state index in [0.717, 1.165) is 21.9 Å². The smallest absolute Gasteiger partial charge is 0.347 e. The van der Waals surface area contributed by atoms with E-state index in [-0.39, 0.29) is 22.7 Å². The molecule has 4 aromatic rings. The third-order valence-corrected chi connectivity index (χ3v) is 5.43. The second-order valence-corrected chi connectivity index (χ2v) is 7.75. The molecule has 0 amide bonds. The second-order valence-electron chi connectivity index (χ2n) is 5.89. The fraction of sp³-hybridized carbons (Fsp3) is 0.105. The molecule has 2 heterocycles. The molecular weight excluding hydrogens is 460 g/mol. The van der Waals surface area contributed by atoms with Crippen LogP contribution in [0.5, 0.6) is 5.75 Å². The van der Waals surface area contributed by atoms with Gasteiger partial charge in [0, 0.05) is 9.86 Å². The quantitative estimate of drug-likeness (QED) is 0.238. The van der Waals surface area contributed by atoms with Crippen molar-refractivity contribution in [2.45, 2.75) is 5.16 Å². The number of benzene rings is 2. The number of carbonyl (C=O) groups is 1. The van der Waals surface area contributed by atoms with E-state index in [1.165, 1.54) is 17.9 Å². The van der Waals surface area contributed by atoms with Crippen LogP contribution in [0.4, 0.5) is 0 Å². The maximum atomic E-state index is 12.7. The van der Waals surface area contributed by atoms with E-state index in [1.54, 1.807) is 12.1 Å². The summed E-state index contributed by atoms with van der Waals surface area (Å²) in [4.78, 5) is 25.1. The predicted octanol–water partition coefficient (Wildman–Crippen LogP) is 3.51. The summed E-state index contributed by atoms with van der Waals surface area (Å²) in [5.41, 5.74) is 0.308. The SMILES string of the molecule is COc1cc(Br)cc2cc(C(=O)CSc3nnnn3-c3ccccc3)c(=O)oc12. The minimum absolute atomic E-state index is 0.0192. The Labute approximate surface area is 177 Å². The molecule has 29 heavy (non-hydrogen) atoms. The minimum atomic E-state index is -0.716. The first-order valence-corrected chi connectivity index (χ1v) is 10.2. The molecule has 0 N–H and O–H groups in total. The van der Waals surface area contributed by atoms with Gasteiger partial charge in [-0.1, -0.05) is 45.9 Å². The molecule has 0 unspecified atom stereocenters. The summed E-state index contributed by atoms with van der Waals surface area (Å²) in [6, 6.07) is 14.3. The Morgan fingerprint density at radius 2 is 2.03 bits per heavy atom. The molecule has 0 aliphatic heterocycles. The number of carbonyl (C=O) groups excluding carboxylic acids is 1. The molecule has 0 atom stereocenters. The van der Waals surface area contributed by atoms with Crippen LogP contribution in [0.1, 0.15) is 10.4 Å². The maximum absolute atomic E-state index is 12.7. The number of fused-ring (bicyclic) bond motifs is 1.